The fraction of sp³-hybridized carbons (Fsp3) is 0.273. The first-order valence-corrected chi connectivity index (χ1v) is 5.23. The Kier molecular flexibility index (Phi) is 2.83. The van der Waals surface area contributed by atoms with Crippen molar-refractivity contribution in [2.75, 3.05) is 0 Å². The molecule has 0 radical (unpaired) electrons. The minimum absolute atomic E-state index is 0.0204. The zero-order chi connectivity index (χ0) is 11.7. The molecule has 1 aliphatic rings. The largest absolute Gasteiger partial charge is 0.481 e. The molecule has 2 rings (SSSR count). The lowest BCUT2D eigenvalue weighted by Crippen LogP contribution is -2.24. The maximum absolute atomic E-state index is 11.2. The molecule has 0 aromatic heterocycles. The number of nitrogens with one attached hydrogen (secondary N) is 1. The van der Waals surface area contributed by atoms with Gasteiger partial charge in [-0.05, 0) is 17.7 Å². The first-order valence-electron chi connectivity index (χ1n) is 4.85. The van der Waals surface area contributed by atoms with E-state index in [0.29, 0.717) is 5.02 Å². The highest BCUT2D eigenvalue weighted by atomic mass is 35.5. The Morgan fingerprint density at radius 1 is 1.50 bits per heavy atom. The molecule has 1 aliphatic heterocycles. The Balaban J connectivity index is 2.32. The summed E-state index contributed by atoms with van der Waals surface area (Å²) in [5.41, 5.74) is 0.728. The molecular weight excluding hydrogens is 230 g/mol. The summed E-state index contributed by atoms with van der Waals surface area (Å²) in [7, 11) is 0. The minimum atomic E-state index is -0.969. The molecule has 1 saturated heterocycles. The summed E-state index contributed by atoms with van der Waals surface area (Å²) in [4.78, 5) is 22.2. The molecule has 1 heterocycles. The molecule has 1 amide bonds. The van der Waals surface area contributed by atoms with Crippen LogP contribution in [-0.2, 0) is 9.59 Å². The van der Waals surface area contributed by atoms with Crippen LogP contribution >= 0.6 is 11.6 Å². The standard InChI is InChI=1S/C11H10ClNO3/c12-7-3-1-2-6(4-7)10-8(11(15)16)5-9(14)13-10/h1-4,8,10H,5H2,(H,13,14)(H,15,16)/t8-,10+/m0/s1. The molecule has 0 saturated carbocycles. The van der Waals surface area contributed by atoms with Crippen LogP contribution in [0.25, 0.3) is 0 Å². The maximum atomic E-state index is 11.2. The summed E-state index contributed by atoms with van der Waals surface area (Å²) in [6.45, 7) is 0. The fourth-order valence-electron chi connectivity index (χ4n) is 1.90. The minimum Gasteiger partial charge on any atom is -0.481 e. The molecule has 0 bridgehead atoms. The zero-order valence-corrected chi connectivity index (χ0v) is 9.07. The number of carbonyl (C=O) groups excluding carboxylic acids is 1. The lowest BCUT2D eigenvalue weighted by molar-refractivity contribution is -0.142. The van der Waals surface area contributed by atoms with E-state index in [0.717, 1.165) is 5.56 Å². The summed E-state index contributed by atoms with van der Waals surface area (Å²) >= 11 is 5.83. The van der Waals surface area contributed by atoms with Gasteiger partial charge in [-0.3, -0.25) is 9.59 Å². The molecule has 0 spiro atoms. The summed E-state index contributed by atoms with van der Waals surface area (Å²) in [6, 6.07) is 6.40. The van der Waals surface area contributed by atoms with E-state index >= 15 is 0 Å². The number of halogens is 1. The quantitative estimate of drug-likeness (QED) is 0.824. The van der Waals surface area contributed by atoms with Crippen molar-refractivity contribution in [1.82, 2.24) is 5.32 Å². The number of carbonyl (C=O) groups is 2. The van der Waals surface area contributed by atoms with E-state index in [1.54, 1.807) is 24.3 Å². The van der Waals surface area contributed by atoms with Gasteiger partial charge in [-0.15, -0.1) is 0 Å². The van der Waals surface area contributed by atoms with Gasteiger partial charge in [0.2, 0.25) is 5.91 Å². The van der Waals surface area contributed by atoms with Crippen molar-refractivity contribution in [3.05, 3.63) is 34.9 Å². The summed E-state index contributed by atoms with van der Waals surface area (Å²) in [5, 5.41) is 12.2. The van der Waals surface area contributed by atoms with Gasteiger partial charge in [0.05, 0.1) is 12.0 Å². The normalized spacial score (nSPS) is 24.2. The molecule has 16 heavy (non-hydrogen) atoms. The van der Waals surface area contributed by atoms with E-state index in [9.17, 15) is 9.59 Å². The van der Waals surface area contributed by atoms with Crippen LogP contribution in [0.4, 0.5) is 0 Å². The molecule has 5 heteroatoms. The Labute approximate surface area is 97.2 Å². The molecule has 0 unspecified atom stereocenters. The van der Waals surface area contributed by atoms with Crippen molar-refractivity contribution in [1.29, 1.82) is 0 Å². The number of hydrogen-bond acceptors (Lipinski definition) is 2. The van der Waals surface area contributed by atoms with Gasteiger partial charge in [-0.2, -0.15) is 0 Å². The zero-order valence-electron chi connectivity index (χ0n) is 8.31. The third kappa shape index (κ3) is 2.02. The molecule has 1 aromatic carbocycles. The smallest absolute Gasteiger partial charge is 0.309 e. The van der Waals surface area contributed by atoms with Crippen molar-refractivity contribution in [3.63, 3.8) is 0 Å². The second kappa shape index (κ2) is 4.14. The molecule has 1 aromatic rings. The fourth-order valence-corrected chi connectivity index (χ4v) is 2.09. The van der Waals surface area contributed by atoms with Crippen LogP contribution in [0, 0.1) is 5.92 Å². The van der Waals surface area contributed by atoms with Crippen LogP contribution in [-0.4, -0.2) is 17.0 Å². The number of carboxylic acid groups (broad SMARTS) is 1. The van der Waals surface area contributed by atoms with Crippen LogP contribution in [0.5, 0.6) is 0 Å². The molecule has 1 fully saturated rings. The Morgan fingerprint density at radius 2 is 2.25 bits per heavy atom. The number of carboxylic acids is 1. The van der Waals surface area contributed by atoms with E-state index in [1.165, 1.54) is 0 Å². The third-order valence-electron chi connectivity index (χ3n) is 2.65. The van der Waals surface area contributed by atoms with Gasteiger partial charge in [0.1, 0.15) is 0 Å². The van der Waals surface area contributed by atoms with Gasteiger partial charge in [-0.25, -0.2) is 0 Å². The summed E-state index contributed by atoms with van der Waals surface area (Å²) < 4.78 is 0. The van der Waals surface area contributed by atoms with E-state index in [2.05, 4.69) is 5.32 Å². The van der Waals surface area contributed by atoms with Crippen molar-refractivity contribution in [2.24, 2.45) is 5.92 Å². The van der Waals surface area contributed by atoms with E-state index in [-0.39, 0.29) is 12.3 Å². The van der Waals surface area contributed by atoms with Gasteiger partial charge in [0.15, 0.2) is 0 Å². The second-order valence-corrected chi connectivity index (χ2v) is 4.19. The Hall–Kier alpha value is -1.55. The van der Waals surface area contributed by atoms with Crippen LogP contribution in [0.2, 0.25) is 5.02 Å². The van der Waals surface area contributed by atoms with Gasteiger partial charge < -0.3 is 10.4 Å². The van der Waals surface area contributed by atoms with Crippen LogP contribution in [0.3, 0.4) is 0 Å². The van der Waals surface area contributed by atoms with Crippen LogP contribution < -0.4 is 5.32 Å². The molecule has 4 nitrogen and oxygen atoms in total. The number of hydrogen-bond donors (Lipinski definition) is 2. The van der Waals surface area contributed by atoms with E-state index in [4.69, 9.17) is 16.7 Å². The second-order valence-electron chi connectivity index (χ2n) is 3.75. The highest BCUT2D eigenvalue weighted by Crippen LogP contribution is 2.31. The molecular formula is C11H10ClNO3. The van der Waals surface area contributed by atoms with Crippen LogP contribution in [0.1, 0.15) is 18.0 Å². The van der Waals surface area contributed by atoms with Gasteiger partial charge >= 0.3 is 5.97 Å². The summed E-state index contributed by atoms with van der Waals surface area (Å²) in [6.07, 6.45) is 0.0204. The number of amides is 1. The molecule has 0 aliphatic carbocycles. The topological polar surface area (TPSA) is 66.4 Å². The van der Waals surface area contributed by atoms with Gasteiger partial charge in [0, 0.05) is 11.4 Å². The first kappa shape index (κ1) is 11.0. The lowest BCUT2D eigenvalue weighted by Gasteiger charge is -2.15. The van der Waals surface area contributed by atoms with Crippen molar-refractivity contribution in [3.8, 4) is 0 Å². The third-order valence-corrected chi connectivity index (χ3v) is 2.88. The van der Waals surface area contributed by atoms with Gasteiger partial charge in [-0.1, -0.05) is 23.7 Å². The van der Waals surface area contributed by atoms with Crippen molar-refractivity contribution < 1.29 is 14.7 Å². The van der Waals surface area contributed by atoms with Crippen molar-refractivity contribution in [2.45, 2.75) is 12.5 Å². The average molecular weight is 240 g/mol. The SMILES string of the molecule is O=C1C[C@H](C(=O)O)[C@@H](c2cccc(Cl)c2)N1. The predicted molar refractivity (Wildman–Crippen MR) is 58.1 cm³/mol. The monoisotopic (exact) mass is 239 g/mol. The number of rotatable bonds is 2. The molecule has 2 atom stereocenters. The number of benzene rings is 1. The van der Waals surface area contributed by atoms with Crippen molar-refractivity contribution >= 4 is 23.5 Å². The predicted octanol–water partition coefficient (Wildman–Crippen LogP) is 1.60. The Bertz CT molecular complexity index is 447. The lowest BCUT2D eigenvalue weighted by atomic mass is 9.94. The molecule has 84 valence electrons. The van der Waals surface area contributed by atoms with E-state index in [1.807, 2.05) is 0 Å². The molecule has 2 N–H and O–H groups in total. The summed E-state index contributed by atoms with van der Waals surface area (Å²) in [5.74, 6) is -1.92. The maximum Gasteiger partial charge on any atom is 0.309 e. The highest BCUT2D eigenvalue weighted by Gasteiger charge is 2.38. The first-order chi connectivity index (χ1) is 7.58. The average Bonchev–Trinajstić information content (AvgIpc) is 2.60. The van der Waals surface area contributed by atoms with Gasteiger partial charge in [0.25, 0.3) is 0 Å². The Morgan fingerprint density at radius 3 is 2.88 bits per heavy atom. The van der Waals surface area contributed by atoms with E-state index < -0.39 is 17.9 Å². The van der Waals surface area contributed by atoms with Crippen LogP contribution in [0.15, 0.2) is 24.3 Å². The number of aliphatic carboxylic acids is 1. The highest BCUT2D eigenvalue weighted by molar-refractivity contribution is 6.30.